The summed E-state index contributed by atoms with van der Waals surface area (Å²) >= 11 is 0. The zero-order valence-electron chi connectivity index (χ0n) is 12.3. The summed E-state index contributed by atoms with van der Waals surface area (Å²) in [5.41, 5.74) is 6.11. The highest BCUT2D eigenvalue weighted by atomic mass is 16.5. The van der Waals surface area contributed by atoms with Gasteiger partial charge < -0.3 is 4.74 Å². The minimum absolute atomic E-state index is 0.00690. The van der Waals surface area contributed by atoms with Crippen LogP contribution in [0.2, 0.25) is 0 Å². The standard InChI is InChI=1S/C15H22N4O/c1-4-19-14(9-11(2)18-19)13(17-16)10-12-7-5-6-8-15(12)20-3/h5-9,13,17H,4,10,16H2,1-3H3. The molecule has 0 amide bonds. The summed E-state index contributed by atoms with van der Waals surface area (Å²) in [6.07, 6.45) is 0.756. The lowest BCUT2D eigenvalue weighted by molar-refractivity contribution is 0.403. The molecule has 5 heteroatoms. The second-order valence-electron chi connectivity index (χ2n) is 4.76. The lowest BCUT2D eigenvalue weighted by Crippen LogP contribution is -2.31. The summed E-state index contributed by atoms with van der Waals surface area (Å²) in [6.45, 7) is 4.90. The Morgan fingerprint density at radius 3 is 2.80 bits per heavy atom. The highest BCUT2D eigenvalue weighted by molar-refractivity contribution is 5.34. The number of hydrogen-bond acceptors (Lipinski definition) is 4. The Hall–Kier alpha value is -1.85. The lowest BCUT2D eigenvalue weighted by atomic mass is 10.0. The first-order chi connectivity index (χ1) is 9.69. The van der Waals surface area contributed by atoms with E-state index in [9.17, 15) is 0 Å². The van der Waals surface area contributed by atoms with Crippen LogP contribution in [0, 0.1) is 6.92 Å². The molecule has 0 fully saturated rings. The fourth-order valence-corrected chi connectivity index (χ4v) is 2.44. The van der Waals surface area contributed by atoms with Crippen LogP contribution in [0.1, 0.15) is 29.9 Å². The van der Waals surface area contributed by atoms with Gasteiger partial charge in [-0.15, -0.1) is 0 Å². The number of nitrogens with zero attached hydrogens (tertiary/aromatic N) is 2. The Morgan fingerprint density at radius 1 is 1.40 bits per heavy atom. The molecular weight excluding hydrogens is 252 g/mol. The van der Waals surface area contributed by atoms with Crippen molar-refractivity contribution in [3.63, 3.8) is 0 Å². The smallest absolute Gasteiger partial charge is 0.122 e. The molecule has 2 aromatic rings. The normalized spacial score (nSPS) is 12.4. The molecule has 0 radical (unpaired) electrons. The molecule has 5 nitrogen and oxygen atoms in total. The molecule has 108 valence electrons. The van der Waals surface area contributed by atoms with Gasteiger partial charge >= 0.3 is 0 Å². The van der Waals surface area contributed by atoms with Crippen LogP contribution in [-0.4, -0.2) is 16.9 Å². The van der Waals surface area contributed by atoms with Crippen LogP contribution in [0.15, 0.2) is 30.3 Å². The van der Waals surface area contributed by atoms with Crippen molar-refractivity contribution in [1.29, 1.82) is 0 Å². The maximum atomic E-state index is 5.75. The number of benzene rings is 1. The predicted octanol–water partition coefficient (Wildman–Crippen LogP) is 1.97. The van der Waals surface area contributed by atoms with Crippen molar-refractivity contribution >= 4 is 0 Å². The highest BCUT2D eigenvalue weighted by Crippen LogP contribution is 2.25. The minimum Gasteiger partial charge on any atom is -0.496 e. The quantitative estimate of drug-likeness (QED) is 0.624. The van der Waals surface area contributed by atoms with Crippen molar-refractivity contribution in [2.45, 2.75) is 32.9 Å². The summed E-state index contributed by atoms with van der Waals surface area (Å²) in [5, 5.41) is 4.47. The van der Waals surface area contributed by atoms with Crippen LogP contribution in [0.5, 0.6) is 5.75 Å². The van der Waals surface area contributed by atoms with Gasteiger partial charge in [0.15, 0.2) is 0 Å². The summed E-state index contributed by atoms with van der Waals surface area (Å²) in [5.74, 6) is 6.63. The van der Waals surface area contributed by atoms with Gasteiger partial charge in [-0.3, -0.25) is 16.0 Å². The van der Waals surface area contributed by atoms with Crippen LogP contribution < -0.4 is 16.0 Å². The molecule has 0 bridgehead atoms. The summed E-state index contributed by atoms with van der Waals surface area (Å²) in [4.78, 5) is 0. The van der Waals surface area contributed by atoms with Crippen molar-refractivity contribution < 1.29 is 4.74 Å². The second-order valence-corrected chi connectivity index (χ2v) is 4.76. The number of para-hydroxylation sites is 1. The van der Waals surface area contributed by atoms with E-state index in [0.717, 1.165) is 35.7 Å². The highest BCUT2D eigenvalue weighted by Gasteiger charge is 2.17. The predicted molar refractivity (Wildman–Crippen MR) is 79.4 cm³/mol. The van der Waals surface area contributed by atoms with Gasteiger partial charge in [-0.2, -0.15) is 5.10 Å². The van der Waals surface area contributed by atoms with E-state index in [4.69, 9.17) is 10.6 Å². The van der Waals surface area contributed by atoms with Crippen molar-refractivity contribution in [3.8, 4) is 5.75 Å². The number of hydrogen-bond donors (Lipinski definition) is 2. The molecule has 1 aromatic heterocycles. The SMILES string of the molecule is CCn1nc(C)cc1C(Cc1ccccc1OC)NN. The molecule has 0 aliphatic carbocycles. The maximum absolute atomic E-state index is 5.75. The topological polar surface area (TPSA) is 65.1 Å². The minimum atomic E-state index is 0.00690. The number of rotatable bonds is 6. The van der Waals surface area contributed by atoms with Crippen LogP contribution in [0.25, 0.3) is 0 Å². The number of aryl methyl sites for hydroxylation is 2. The largest absolute Gasteiger partial charge is 0.496 e. The molecule has 1 heterocycles. The van der Waals surface area contributed by atoms with Gasteiger partial charge in [0.05, 0.1) is 24.5 Å². The third-order valence-corrected chi connectivity index (χ3v) is 3.41. The summed E-state index contributed by atoms with van der Waals surface area (Å²) in [6, 6.07) is 10.1. The van der Waals surface area contributed by atoms with E-state index in [1.54, 1.807) is 7.11 Å². The number of aromatic nitrogens is 2. The van der Waals surface area contributed by atoms with E-state index in [-0.39, 0.29) is 6.04 Å². The monoisotopic (exact) mass is 274 g/mol. The number of nitrogens with one attached hydrogen (secondary N) is 1. The van der Waals surface area contributed by atoms with E-state index in [2.05, 4.69) is 29.6 Å². The first-order valence-electron chi connectivity index (χ1n) is 6.82. The van der Waals surface area contributed by atoms with E-state index >= 15 is 0 Å². The molecule has 20 heavy (non-hydrogen) atoms. The zero-order valence-corrected chi connectivity index (χ0v) is 12.3. The fourth-order valence-electron chi connectivity index (χ4n) is 2.44. The van der Waals surface area contributed by atoms with Crippen molar-refractivity contribution in [3.05, 3.63) is 47.3 Å². The lowest BCUT2D eigenvalue weighted by Gasteiger charge is -2.18. The Bertz CT molecular complexity index is 565. The van der Waals surface area contributed by atoms with Gasteiger partial charge in [-0.1, -0.05) is 18.2 Å². The van der Waals surface area contributed by atoms with E-state index in [0.29, 0.717) is 0 Å². The van der Waals surface area contributed by atoms with E-state index in [1.807, 2.05) is 29.8 Å². The van der Waals surface area contributed by atoms with Crippen molar-refractivity contribution in [2.75, 3.05) is 7.11 Å². The number of hydrazine groups is 1. The molecule has 1 atom stereocenters. The fraction of sp³-hybridized carbons (Fsp3) is 0.400. The maximum Gasteiger partial charge on any atom is 0.122 e. The second kappa shape index (κ2) is 6.54. The molecule has 2 rings (SSSR count). The third-order valence-electron chi connectivity index (χ3n) is 3.41. The Labute approximate surface area is 119 Å². The molecule has 1 unspecified atom stereocenters. The Morgan fingerprint density at radius 2 is 2.15 bits per heavy atom. The van der Waals surface area contributed by atoms with E-state index < -0.39 is 0 Å². The van der Waals surface area contributed by atoms with Gasteiger partial charge in [0.1, 0.15) is 5.75 Å². The number of nitrogens with two attached hydrogens (primary N) is 1. The summed E-state index contributed by atoms with van der Waals surface area (Å²) in [7, 11) is 1.68. The molecule has 0 aliphatic heterocycles. The number of ether oxygens (including phenoxy) is 1. The van der Waals surface area contributed by atoms with Crippen LogP contribution in [0.4, 0.5) is 0 Å². The molecule has 0 saturated carbocycles. The average molecular weight is 274 g/mol. The van der Waals surface area contributed by atoms with Gasteiger partial charge in [0, 0.05) is 6.54 Å². The molecule has 3 N–H and O–H groups in total. The first kappa shape index (κ1) is 14.6. The van der Waals surface area contributed by atoms with Crippen LogP contribution >= 0.6 is 0 Å². The van der Waals surface area contributed by atoms with Crippen LogP contribution in [-0.2, 0) is 13.0 Å². The molecule has 1 aromatic carbocycles. The molecule has 0 spiro atoms. The van der Waals surface area contributed by atoms with Gasteiger partial charge in [-0.05, 0) is 38.0 Å². The molecule has 0 aliphatic rings. The van der Waals surface area contributed by atoms with Crippen molar-refractivity contribution in [1.82, 2.24) is 15.2 Å². The number of methoxy groups -OCH3 is 1. The van der Waals surface area contributed by atoms with Crippen LogP contribution in [0.3, 0.4) is 0 Å². The third kappa shape index (κ3) is 3.00. The Balaban J connectivity index is 2.28. The van der Waals surface area contributed by atoms with Gasteiger partial charge in [0.2, 0.25) is 0 Å². The van der Waals surface area contributed by atoms with Gasteiger partial charge in [-0.25, -0.2) is 0 Å². The summed E-state index contributed by atoms with van der Waals surface area (Å²) < 4.78 is 7.38. The Kier molecular flexibility index (Phi) is 4.76. The zero-order chi connectivity index (χ0) is 14.5. The first-order valence-corrected chi connectivity index (χ1v) is 6.82. The van der Waals surface area contributed by atoms with Gasteiger partial charge in [0.25, 0.3) is 0 Å². The van der Waals surface area contributed by atoms with Crippen molar-refractivity contribution in [2.24, 2.45) is 5.84 Å². The molecular formula is C15H22N4O. The molecule has 0 saturated heterocycles. The van der Waals surface area contributed by atoms with E-state index in [1.165, 1.54) is 0 Å². The average Bonchev–Trinajstić information content (AvgIpc) is 2.86.